The van der Waals surface area contributed by atoms with Gasteiger partial charge in [-0.25, -0.2) is 4.79 Å². The summed E-state index contributed by atoms with van der Waals surface area (Å²) in [6, 6.07) is -0.808. The van der Waals surface area contributed by atoms with Gasteiger partial charge in [0.05, 0.1) is 18.2 Å². The summed E-state index contributed by atoms with van der Waals surface area (Å²) < 4.78 is 5.98. The number of carboxylic acids is 1. The van der Waals surface area contributed by atoms with Crippen molar-refractivity contribution >= 4 is 11.9 Å². The van der Waals surface area contributed by atoms with Crippen LogP contribution in [0.2, 0.25) is 0 Å². The Bertz CT molecular complexity index is 415. The highest BCUT2D eigenvalue weighted by molar-refractivity contribution is 5.87. The lowest BCUT2D eigenvalue weighted by Gasteiger charge is -2.36. The zero-order valence-electron chi connectivity index (χ0n) is 11.7. The Balaban J connectivity index is 2.15. The number of ether oxygens (including phenoxy) is 1. The highest BCUT2D eigenvalue weighted by Crippen LogP contribution is 2.27. The average Bonchev–Trinajstić information content (AvgIpc) is 2.85. The summed E-state index contributed by atoms with van der Waals surface area (Å²) in [5, 5.41) is 11.9. The molecule has 112 valence electrons. The van der Waals surface area contributed by atoms with Gasteiger partial charge < -0.3 is 20.9 Å². The molecule has 20 heavy (non-hydrogen) atoms. The third-order valence-corrected chi connectivity index (χ3v) is 3.93. The topological polar surface area (TPSA) is 102 Å². The number of carboxylic acid groups (broad SMARTS) is 1. The van der Waals surface area contributed by atoms with Crippen LogP contribution in [0.1, 0.15) is 39.0 Å². The first-order valence-electron chi connectivity index (χ1n) is 7.09. The molecule has 0 aromatic rings. The second kappa shape index (κ2) is 6.37. The van der Waals surface area contributed by atoms with Gasteiger partial charge in [-0.2, -0.15) is 0 Å². The van der Waals surface area contributed by atoms with Gasteiger partial charge in [-0.15, -0.1) is 0 Å². The summed E-state index contributed by atoms with van der Waals surface area (Å²) in [7, 11) is 0. The van der Waals surface area contributed by atoms with Crippen LogP contribution in [0.25, 0.3) is 0 Å². The molecule has 0 saturated heterocycles. The summed E-state index contributed by atoms with van der Waals surface area (Å²) in [5.74, 6) is -1.15. The average molecular weight is 282 g/mol. The van der Waals surface area contributed by atoms with Crippen molar-refractivity contribution in [3.63, 3.8) is 0 Å². The molecule has 6 nitrogen and oxygen atoms in total. The fraction of sp³-hybridized carbons (Fsp3) is 0.714. The van der Waals surface area contributed by atoms with Crippen molar-refractivity contribution in [3.8, 4) is 0 Å². The first kappa shape index (κ1) is 15.0. The fourth-order valence-corrected chi connectivity index (χ4v) is 2.95. The Kier molecular flexibility index (Phi) is 4.77. The standard InChI is InChI=1S/C14H22N2O4/c1-8(17)16-13-11(15)6-9(14(18)19)7-12(13)20-10-4-2-3-5-10/h7,10-13H,2-6,15H2,1H3,(H,16,17)(H,18,19)/t11-,12+,13+/m0/s1. The number of nitrogens with two attached hydrogens (primary N) is 1. The maximum atomic E-state index is 11.3. The van der Waals surface area contributed by atoms with E-state index in [4.69, 9.17) is 15.6 Å². The summed E-state index contributed by atoms with van der Waals surface area (Å²) in [6.07, 6.45) is 5.73. The first-order chi connectivity index (χ1) is 9.47. The molecule has 0 heterocycles. The SMILES string of the molecule is CC(=O)N[C@@H]1[C@@H](N)CC(C(=O)O)=C[C@H]1OC1CCCC1. The number of hydrogen-bond donors (Lipinski definition) is 3. The van der Waals surface area contributed by atoms with Crippen LogP contribution in [0.5, 0.6) is 0 Å². The monoisotopic (exact) mass is 282 g/mol. The highest BCUT2D eigenvalue weighted by atomic mass is 16.5. The van der Waals surface area contributed by atoms with Crippen molar-refractivity contribution in [2.75, 3.05) is 0 Å². The second-order valence-corrected chi connectivity index (χ2v) is 5.60. The van der Waals surface area contributed by atoms with Gasteiger partial charge in [0.1, 0.15) is 0 Å². The van der Waals surface area contributed by atoms with Gasteiger partial charge in [-0.3, -0.25) is 4.79 Å². The number of amides is 1. The lowest BCUT2D eigenvalue weighted by Crippen LogP contribution is -2.57. The van der Waals surface area contributed by atoms with E-state index in [0.717, 1.165) is 25.7 Å². The predicted octanol–water partition coefficient (Wildman–Crippen LogP) is 0.561. The molecule has 0 aliphatic heterocycles. The molecule has 2 aliphatic rings. The molecule has 1 fully saturated rings. The molecular weight excluding hydrogens is 260 g/mol. The van der Waals surface area contributed by atoms with Crippen LogP contribution in [0.4, 0.5) is 0 Å². The van der Waals surface area contributed by atoms with E-state index < -0.39 is 18.1 Å². The number of hydrogen-bond acceptors (Lipinski definition) is 4. The van der Waals surface area contributed by atoms with E-state index in [1.807, 2.05) is 0 Å². The molecular formula is C14H22N2O4. The van der Waals surface area contributed by atoms with Crippen molar-refractivity contribution in [1.29, 1.82) is 0 Å². The maximum absolute atomic E-state index is 11.3. The van der Waals surface area contributed by atoms with E-state index in [9.17, 15) is 9.59 Å². The van der Waals surface area contributed by atoms with E-state index >= 15 is 0 Å². The molecule has 1 saturated carbocycles. The summed E-state index contributed by atoms with van der Waals surface area (Å²) in [6.45, 7) is 1.43. The Morgan fingerprint density at radius 1 is 1.40 bits per heavy atom. The largest absolute Gasteiger partial charge is 0.478 e. The molecule has 0 bridgehead atoms. The van der Waals surface area contributed by atoms with Crippen LogP contribution in [0.15, 0.2) is 11.6 Å². The van der Waals surface area contributed by atoms with Gasteiger partial charge in [-0.05, 0) is 25.3 Å². The van der Waals surface area contributed by atoms with Crippen molar-refractivity contribution in [2.45, 2.75) is 63.3 Å². The Morgan fingerprint density at radius 2 is 2.05 bits per heavy atom. The second-order valence-electron chi connectivity index (χ2n) is 5.60. The van der Waals surface area contributed by atoms with Gasteiger partial charge in [-0.1, -0.05) is 12.8 Å². The first-order valence-corrected chi connectivity index (χ1v) is 7.09. The van der Waals surface area contributed by atoms with Crippen LogP contribution < -0.4 is 11.1 Å². The Morgan fingerprint density at radius 3 is 2.60 bits per heavy atom. The van der Waals surface area contributed by atoms with Crippen molar-refractivity contribution in [1.82, 2.24) is 5.32 Å². The predicted molar refractivity (Wildman–Crippen MR) is 73.0 cm³/mol. The summed E-state index contributed by atoms with van der Waals surface area (Å²) >= 11 is 0. The maximum Gasteiger partial charge on any atom is 0.331 e. The molecule has 0 unspecified atom stereocenters. The number of aliphatic carboxylic acids is 1. The summed E-state index contributed by atoms with van der Waals surface area (Å²) in [5.41, 5.74) is 6.29. The van der Waals surface area contributed by atoms with Gasteiger partial charge >= 0.3 is 5.97 Å². The van der Waals surface area contributed by atoms with Crippen molar-refractivity contribution in [2.24, 2.45) is 5.73 Å². The zero-order chi connectivity index (χ0) is 14.7. The Labute approximate surface area is 118 Å². The third kappa shape index (κ3) is 3.58. The van der Waals surface area contributed by atoms with Gasteiger partial charge in [0.15, 0.2) is 0 Å². The molecule has 1 amide bonds. The minimum absolute atomic E-state index is 0.132. The number of rotatable bonds is 4. The Hall–Kier alpha value is -1.40. The van der Waals surface area contributed by atoms with Crippen LogP contribution >= 0.6 is 0 Å². The van der Waals surface area contributed by atoms with E-state index in [1.54, 1.807) is 6.08 Å². The van der Waals surface area contributed by atoms with E-state index in [2.05, 4.69) is 5.32 Å². The normalized spacial score (nSPS) is 30.9. The smallest absolute Gasteiger partial charge is 0.331 e. The van der Waals surface area contributed by atoms with E-state index in [-0.39, 0.29) is 30.0 Å². The zero-order valence-corrected chi connectivity index (χ0v) is 11.7. The van der Waals surface area contributed by atoms with Gasteiger partial charge in [0.2, 0.25) is 5.91 Å². The molecule has 2 rings (SSSR count). The van der Waals surface area contributed by atoms with Crippen molar-refractivity contribution < 1.29 is 19.4 Å². The minimum atomic E-state index is -0.971. The molecule has 0 aromatic heterocycles. The molecule has 0 radical (unpaired) electrons. The van der Waals surface area contributed by atoms with Crippen LogP contribution in [0.3, 0.4) is 0 Å². The number of carbonyl (C=O) groups is 2. The highest BCUT2D eigenvalue weighted by Gasteiger charge is 2.36. The number of nitrogens with one attached hydrogen (secondary N) is 1. The molecule has 4 N–H and O–H groups in total. The van der Waals surface area contributed by atoms with E-state index in [1.165, 1.54) is 6.92 Å². The van der Waals surface area contributed by atoms with Crippen LogP contribution in [0, 0.1) is 0 Å². The number of carbonyl (C=O) groups excluding carboxylic acids is 1. The molecule has 0 spiro atoms. The van der Waals surface area contributed by atoms with E-state index in [0.29, 0.717) is 0 Å². The summed E-state index contributed by atoms with van der Waals surface area (Å²) in [4.78, 5) is 22.4. The lowest BCUT2D eigenvalue weighted by molar-refractivity contribution is -0.133. The fourth-order valence-electron chi connectivity index (χ4n) is 2.95. The lowest BCUT2D eigenvalue weighted by atomic mass is 9.88. The van der Waals surface area contributed by atoms with Crippen LogP contribution in [-0.4, -0.2) is 41.3 Å². The third-order valence-electron chi connectivity index (χ3n) is 3.93. The molecule has 6 heteroatoms. The van der Waals surface area contributed by atoms with Gasteiger partial charge in [0, 0.05) is 18.5 Å². The molecule has 0 aromatic carbocycles. The molecule has 2 aliphatic carbocycles. The quantitative estimate of drug-likeness (QED) is 0.699. The van der Waals surface area contributed by atoms with Crippen LogP contribution in [-0.2, 0) is 14.3 Å². The van der Waals surface area contributed by atoms with Gasteiger partial charge in [0.25, 0.3) is 0 Å². The van der Waals surface area contributed by atoms with Crippen molar-refractivity contribution in [3.05, 3.63) is 11.6 Å². The minimum Gasteiger partial charge on any atom is -0.478 e. The molecule has 3 atom stereocenters.